The molecule has 0 aromatic carbocycles. The quantitative estimate of drug-likeness (QED) is 0.841. The van der Waals surface area contributed by atoms with Gasteiger partial charge in [0, 0.05) is 25.0 Å². The molecule has 0 radical (unpaired) electrons. The molecule has 114 valence electrons. The zero-order valence-corrected chi connectivity index (χ0v) is 12.9. The zero-order valence-electron chi connectivity index (χ0n) is 12.0. The average molecular weight is 300 g/mol. The molecule has 0 spiro atoms. The first-order valence-electron chi connectivity index (χ1n) is 7.72. The second-order valence-corrected chi connectivity index (χ2v) is 8.42. The van der Waals surface area contributed by atoms with Crippen LogP contribution < -0.4 is 4.72 Å². The van der Waals surface area contributed by atoms with Crippen molar-refractivity contribution < 1.29 is 13.2 Å². The normalized spacial score (nSPS) is 36.8. The van der Waals surface area contributed by atoms with Gasteiger partial charge in [0.15, 0.2) is 0 Å². The summed E-state index contributed by atoms with van der Waals surface area (Å²) in [6.45, 7) is 1.16. The van der Waals surface area contributed by atoms with Crippen molar-refractivity contribution in [3.05, 3.63) is 0 Å². The number of carbonyl (C=O) groups excluding carboxylic acids is 1. The van der Waals surface area contributed by atoms with Crippen molar-refractivity contribution in [2.24, 2.45) is 17.8 Å². The largest absolute Gasteiger partial charge is 0.338 e. The van der Waals surface area contributed by atoms with Crippen molar-refractivity contribution in [2.75, 3.05) is 19.3 Å². The second-order valence-electron chi connectivity index (χ2n) is 6.59. The Labute approximate surface area is 121 Å². The minimum atomic E-state index is -3.18. The molecule has 1 heterocycles. The van der Waals surface area contributed by atoms with Crippen LogP contribution in [0.1, 0.15) is 38.5 Å². The number of hydrogen-bond acceptors (Lipinski definition) is 3. The van der Waals surface area contributed by atoms with Crippen molar-refractivity contribution in [3.8, 4) is 0 Å². The van der Waals surface area contributed by atoms with E-state index in [1.54, 1.807) is 0 Å². The van der Waals surface area contributed by atoms with E-state index in [-0.39, 0.29) is 12.0 Å². The van der Waals surface area contributed by atoms with Crippen molar-refractivity contribution in [2.45, 2.75) is 44.6 Å². The number of piperidine rings is 1. The van der Waals surface area contributed by atoms with E-state index in [2.05, 4.69) is 4.72 Å². The zero-order chi connectivity index (χ0) is 14.3. The van der Waals surface area contributed by atoms with E-state index in [9.17, 15) is 13.2 Å². The first kappa shape index (κ1) is 14.3. The van der Waals surface area contributed by atoms with Crippen LogP contribution in [-0.2, 0) is 14.8 Å². The van der Waals surface area contributed by atoms with Gasteiger partial charge in [-0.15, -0.1) is 0 Å². The Hall–Kier alpha value is -0.620. The molecule has 5 nitrogen and oxygen atoms in total. The number of carbonyl (C=O) groups is 1. The van der Waals surface area contributed by atoms with Crippen molar-refractivity contribution >= 4 is 15.9 Å². The number of rotatable bonds is 4. The number of hydrogen-bond donors (Lipinski definition) is 1. The van der Waals surface area contributed by atoms with Gasteiger partial charge in [0.1, 0.15) is 0 Å². The fraction of sp³-hybridized carbons (Fsp3) is 0.929. The molecule has 4 atom stereocenters. The fourth-order valence-electron chi connectivity index (χ4n) is 4.13. The number of likely N-dealkylation sites (tertiary alicyclic amines) is 1. The van der Waals surface area contributed by atoms with Crippen molar-refractivity contribution in [1.82, 2.24) is 9.62 Å². The summed E-state index contributed by atoms with van der Waals surface area (Å²) >= 11 is 0. The van der Waals surface area contributed by atoms with E-state index in [1.807, 2.05) is 4.90 Å². The van der Waals surface area contributed by atoms with Gasteiger partial charge in [-0.05, 0) is 43.9 Å². The van der Waals surface area contributed by atoms with Crippen LogP contribution >= 0.6 is 0 Å². The molecule has 3 rings (SSSR count). The topological polar surface area (TPSA) is 66.5 Å². The number of sulfonamides is 1. The monoisotopic (exact) mass is 300 g/mol. The molecule has 2 saturated carbocycles. The molecule has 1 aliphatic heterocycles. The molecule has 0 aromatic heterocycles. The summed E-state index contributed by atoms with van der Waals surface area (Å²) in [6, 6.07) is 0.0484. The first-order valence-corrected chi connectivity index (χ1v) is 9.61. The van der Waals surface area contributed by atoms with Crippen LogP contribution in [0.25, 0.3) is 0 Å². The van der Waals surface area contributed by atoms with Gasteiger partial charge >= 0.3 is 0 Å². The fourth-order valence-corrected chi connectivity index (χ4v) is 4.62. The van der Waals surface area contributed by atoms with E-state index >= 15 is 0 Å². The smallest absolute Gasteiger partial charge is 0.226 e. The Morgan fingerprint density at radius 2 is 1.85 bits per heavy atom. The molecule has 1 amide bonds. The van der Waals surface area contributed by atoms with Crippen LogP contribution in [-0.4, -0.2) is 44.6 Å². The van der Waals surface area contributed by atoms with Crippen molar-refractivity contribution in [3.63, 3.8) is 0 Å². The van der Waals surface area contributed by atoms with Gasteiger partial charge in [0.2, 0.25) is 15.9 Å². The molecule has 6 heteroatoms. The summed E-state index contributed by atoms with van der Waals surface area (Å²) in [5.41, 5.74) is 0. The average Bonchev–Trinajstić information content (AvgIpc) is 2.88. The molecule has 3 fully saturated rings. The Morgan fingerprint density at radius 1 is 1.15 bits per heavy atom. The third kappa shape index (κ3) is 2.86. The Balaban J connectivity index is 1.61. The van der Waals surface area contributed by atoms with Gasteiger partial charge in [-0.25, -0.2) is 13.1 Å². The maximum atomic E-state index is 12.7. The predicted molar refractivity (Wildman–Crippen MR) is 76.5 cm³/mol. The molecule has 1 N–H and O–H groups in total. The molecule has 3 aliphatic rings. The summed E-state index contributed by atoms with van der Waals surface area (Å²) in [5.74, 6) is 1.81. The van der Waals surface area contributed by atoms with E-state index in [0.29, 0.717) is 24.3 Å². The van der Waals surface area contributed by atoms with Crippen LogP contribution in [0.15, 0.2) is 0 Å². The first-order chi connectivity index (χ1) is 9.47. The Bertz CT molecular complexity index is 481. The van der Waals surface area contributed by atoms with Crippen LogP contribution in [0, 0.1) is 17.8 Å². The standard InChI is InChI=1S/C14H24N2O3S/c1-20(18,19)15-9-10-5-2-3-8-16(10)14(17)13-11-6-4-7-12(11)13/h10-13,15H,2-9H2,1H3/t10-,11-,12+,13?/m1/s1. The molecule has 20 heavy (non-hydrogen) atoms. The molecular weight excluding hydrogens is 276 g/mol. The van der Waals surface area contributed by atoms with E-state index in [1.165, 1.54) is 25.5 Å². The molecule has 1 saturated heterocycles. The lowest BCUT2D eigenvalue weighted by Crippen LogP contribution is -2.50. The highest BCUT2D eigenvalue weighted by Gasteiger charge is 2.57. The maximum absolute atomic E-state index is 12.7. The van der Waals surface area contributed by atoms with Gasteiger partial charge < -0.3 is 4.90 Å². The van der Waals surface area contributed by atoms with E-state index in [0.717, 1.165) is 25.8 Å². The molecule has 0 aromatic rings. The minimum absolute atomic E-state index is 0.0484. The third-order valence-corrected chi connectivity index (χ3v) is 5.87. The van der Waals surface area contributed by atoms with Gasteiger partial charge in [-0.2, -0.15) is 0 Å². The minimum Gasteiger partial charge on any atom is -0.338 e. The van der Waals surface area contributed by atoms with Crippen molar-refractivity contribution in [1.29, 1.82) is 0 Å². The summed E-state index contributed by atoms with van der Waals surface area (Å²) in [7, 11) is -3.18. The molecule has 1 unspecified atom stereocenters. The third-order valence-electron chi connectivity index (χ3n) is 5.18. The van der Waals surface area contributed by atoms with Gasteiger partial charge in [-0.3, -0.25) is 4.79 Å². The highest BCUT2D eigenvalue weighted by Crippen LogP contribution is 2.58. The van der Waals surface area contributed by atoms with Crippen LogP contribution in [0.2, 0.25) is 0 Å². The van der Waals surface area contributed by atoms with Gasteiger partial charge in [0.25, 0.3) is 0 Å². The van der Waals surface area contributed by atoms with E-state index in [4.69, 9.17) is 0 Å². The predicted octanol–water partition coefficient (Wildman–Crippen LogP) is 0.963. The lowest BCUT2D eigenvalue weighted by Gasteiger charge is -2.36. The van der Waals surface area contributed by atoms with Gasteiger partial charge in [-0.1, -0.05) is 6.42 Å². The highest BCUT2D eigenvalue weighted by molar-refractivity contribution is 7.88. The summed E-state index contributed by atoms with van der Waals surface area (Å²) in [5, 5.41) is 0. The molecule has 0 bridgehead atoms. The molecule has 2 aliphatic carbocycles. The second kappa shape index (κ2) is 5.30. The lowest BCUT2D eigenvalue weighted by molar-refractivity contribution is -0.137. The summed E-state index contributed by atoms with van der Waals surface area (Å²) in [4.78, 5) is 14.6. The summed E-state index contributed by atoms with van der Waals surface area (Å²) in [6.07, 6.45) is 7.91. The van der Waals surface area contributed by atoms with Crippen LogP contribution in [0.3, 0.4) is 0 Å². The number of nitrogens with one attached hydrogen (secondary N) is 1. The van der Waals surface area contributed by atoms with Crippen LogP contribution in [0.5, 0.6) is 0 Å². The lowest BCUT2D eigenvalue weighted by atomic mass is 10.0. The summed E-state index contributed by atoms with van der Waals surface area (Å²) < 4.78 is 25.0. The maximum Gasteiger partial charge on any atom is 0.226 e. The highest BCUT2D eigenvalue weighted by atomic mass is 32.2. The van der Waals surface area contributed by atoms with Gasteiger partial charge in [0.05, 0.1) is 6.26 Å². The Kier molecular flexibility index (Phi) is 3.79. The van der Waals surface area contributed by atoms with Crippen LogP contribution in [0.4, 0.5) is 0 Å². The number of fused-ring (bicyclic) bond motifs is 1. The van der Waals surface area contributed by atoms with E-state index < -0.39 is 10.0 Å². The SMILES string of the molecule is CS(=O)(=O)NC[C@H]1CCCCN1C(=O)C1[C@H]2CCC[C@@H]12. The number of nitrogens with zero attached hydrogens (tertiary/aromatic N) is 1. The Morgan fingerprint density at radius 3 is 2.50 bits per heavy atom. The number of amides is 1. The molecular formula is C14H24N2O3S.